The van der Waals surface area contributed by atoms with Crippen molar-refractivity contribution in [2.45, 2.75) is 52.4 Å². The van der Waals surface area contributed by atoms with Crippen LogP contribution in [0.25, 0.3) is 6.08 Å². The van der Waals surface area contributed by atoms with E-state index in [1.54, 1.807) is 24.3 Å². The lowest BCUT2D eigenvalue weighted by Gasteiger charge is -2.30. The molecule has 0 amide bonds. The first kappa shape index (κ1) is 28.5. The third kappa shape index (κ3) is 10.4. The number of Topliss-reactive ketones (excluding diaryl/α,β-unsaturated/α-hetero) is 1. The van der Waals surface area contributed by atoms with E-state index in [4.69, 9.17) is 9.84 Å². The summed E-state index contributed by atoms with van der Waals surface area (Å²) in [6.45, 7) is 10.8. The van der Waals surface area contributed by atoms with Gasteiger partial charge in [0.05, 0.1) is 6.61 Å². The maximum absolute atomic E-state index is 10.9. The Morgan fingerprint density at radius 2 is 1.68 bits per heavy atom. The van der Waals surface area contributed by atoms with Crippen LogP contribution in [0.2, 0.25) is 0 Å². The number of benzene rings is 2. The van der Waals surface area contributed by atoms with Gasteiger partial charge in [0.25, 0.3) is 0 Å². The van der Waals surface area contributed by atoms with Crippen molar-refractivity contribution in [1.29, 1.82) is 0 Å². The Morgan fingerprint density at radius 1 is 0.973 bits per heavy atom. The minimum absolute atomic E-state index is 0.00114. The summed E-state index contributed by atoms with van der Waals surface area (Å²) >= 11 is 0. The molecular weight excluding hydrogens is 464 g/mol. The minimum atomic E-state index is -0.986. The number of anilines is 1. The molecule has 200 valence electrons. The van der Waals surface area contributed by atoms with Gasteiger partial charge in [-0.1, -0.05) is 31.2 Å². The van der Waals surface area contributed by atoms with E-state index in [9.17, 15) is 9.59 Å². The highest BCUT2D eigenvalue weighted by Crippen LogP contribution is 2.23. The lowest BCUT2D eigenvalue weighted by atomic mass is 10.0. The molecule has 0 bridgehead atoms. The van der Waals surface area contributed by atoms with Crippen LogP contribution in [0.15, 0.2) is 54.6 Å². The molecule has 6 heteroatoms. The molecule has 1 unspecified atom stereocenters. The van der Waals surface area contributed by atoms with Crippen molar-refractivity contribution in [2.24, 2.45) is 5.92 Å². The second-order valence-corrected chi connectivity index (χ2v) is 10.1. The van der Waals surface area contributed by atoms with Gasteiger partial charge in [-0.15, -0.1) is 0 Å². The molecule has 6 nitrogen and oxygen atoms in total. The van der Waals surface area contributed by atoms with Crippen LogP contribution >= 0.6 is 0 Å². The SMILES string of the molecule is CC(=O)c1ccc(/C=C/C(=O)O)cc1.CC1CCCN(CCCOc2ccc(N3CCCCC3)cc2)C1. The van der Waals surface area contributed by atoms with Gasteiger partial charge in [0.15, 0.2) is 5.78 Å². The summed E-state index contributed by atoms with van der Waals surface area (Å²) in [5, 5.41) is 8.38. The normalized spacial score (nSPS) is 18.2. The van der Waals surface area contributed by atoms with Crippen molar-refractivity contribution < 1.29 is 19.4 Å². The Morgan fingerprint density at radius 3 is 2.30 bits per heavy atom. The molecule has 0 saturated carbocycles. The molecule has 0 radical (unpaired) electrons. The van der Waals surface area contributed by atoms with Crippen molar-refractivity contribution in [1.82, 2.24) is 4.90 Å². The Hall–Kier alpha value is -3.12. The first-order valence-corrected chi connectivity index (χ1v) is 13.6. The van der Waals surface area contributed by atoms with Crippen LogP contribution in [-0.4, -0.2) is 61.1 Å². The minimum Gasteiger partial charge on any atom is -0.494 e. The maximum Gasteiger partial charge on any atom is 0.328 e. The van der Waals surface area contributed by atoms with Gasteiger partial charge in [-0.2, -0.15) is 0 Å². The van der Waals surface area contributed by atoms with Crippen LogP contribution in [0.1, 0.15) is 68.3 Å². The number of piperidine rings is 2. The van der Waals surface area contributed by atoms with Crippen molar-refractivity contribution in [2.75, 3.05) is 44.2 Å². The Kier molecular flexibility index (Phi) is 11.7. The van der Waals surface area contributed by atoms with E-state index in [2.05, 4.69) is 41.0 Å². The fourth-order valence-electron chi connectivity index (χ4n) is 4.87. The van der Waals surface area contributed by atoms with Gasteiger partial charge in [0, 0.05) is 43.5 Å². The highest BCUT2D eigenvalue weighted by molar-refractivity contribution is 5.94. The average Bonchev–Trinajstić information content (AvgIpc) is 2.91. The van der Waals surface area contributed by atoms with Gasteiger partial charge < -0.3 is 19.6 Å². The van der Waals surface area contributed by atoms with E-state index in [0.717, 1.165) is 36.3 Å². The quantitative estimate of drug-likeness (QED) is 0.249. The largest absolute Gasteiger partial charge is 0.494 e. The predicted octanol–water partition coefficient (Wildman–Crippen LogP) is 6.16. The van der Waals surface area contributed by atoms with E-state index >= 15 is 0 Å². The number of hydrogen-bond donors (Lipinski definition) is 1. The summed E-state index contributed by atoms with van der Waals surface area (Å²) in [6.07, 6.45) is 10.5. The number of carbonyl (C=O) groups excluding carboxylic acids is 1. The van der Waals surface area contributed by atoms with Crippen LogP contribution in [-0.2, 0) is 4.79 Å². The van der Waals surface area contributed by atoms with E-state index in [0.29, 0.717) is 5.56 Å². The number of nitrogens with zero attached hydrogens (tertiary/aromatic N) is 2. The number of carboxylic acid groups (broad SMARTS) is 1. The third-order valence-corrected chi connectivity index (χ3v) is 6.92. The number of ketones is 1. The van der Waals surface area contributed by atoms with E-state index in [1.807, 2.05) is 0 Å². The van der Waals surface area contributed by atoms with Gasteiger partial charge in [-0.05, 0) is 93.8 Å². The lowest BCUT2D eigenvalue weighted by Crippen LogP contribution is -2.35. The monoisotopic (exact) mass is 506 g/mol. The summed E-state index contributed by atoms with van der Waals surface area (Å²) < 4.78 is 5.92. The maximum atomic E-state index is 10.9. The third-order valence-electron chi connectivity index (χ3n) is 6.92. The summed E-state index contributed by atoms with van der Waals surface area (Å²) in [7, 11) is 0. The number of carboxylic acids is 1. The molecule has 2 aliphatic heterocycles. The van der Waals surface area contributed by atoms with Crippen LogP contribution in [0.3, 0.4) is 0 Å². The smallest absolute Gasteiger partial charge is 0.328 e. The zero-order valence-electron chi connectivity index (χ0n) is 22.4. The first-order valence-electron chi connectivity index (χ1n) is 13.6. The van der Waals surface area contributed by atoms with Crippen molar-refractivity contribution in [3.8, 4) is 5.75 Å². The van der Waals surface area contributed by atoms with Gasteiger partial charge in [0.2, 0.25) is 0 Å². The zero-order chi connectivity index (χ0) is 26.5. The second-order valence-electron chi connectivity index (χ2n) is 10.1. The number of rotatable bonds is 9. The Balaban J connectivity index is 0.000000233. The molecular formula is C31H42N2O4. The molecule has 0 aliphatic carbocycles. The van der Waals surface area contributed by atoms with Crippen LogP contribution in [0.4, 0.5) is 5.69 Å². The number of ether oxygens (including phenoxy) is 1. The lowest BCUT2D eigenvalue weighted by molar-refractivity contribution is -0.131. The molecule has 4 rings (SSSR count). The standard InChI is InChI=1S/C20H32N2O.C11H10O3/c1-18-7-5-12-21(17-18)13-6-16-23-20-10-8-19(9-11-20)22-14-3-2-4-15-22;1-8(12)10-5-2-9(3-6-10)4-7-11(13)14/h8-11,18H,2-7,12-17H2,1H3;2-7H,1H3,(H,13,14)/b;7-4+. The molecule has 2 fully saturated rings. The van der Waals surface area contributed by atoms with E-state index in [-0.39, 0.29) is 5.78 Å². The topological polar surface area (TPSA) is 70.1 Å². The van der Waals surface area contributed by atoms with Crippen LogP contribution in [0.5, 0.6) is 5.75 Å². The molecule has 2 heterocycles. The van der Waals surface area contributed by atoms with Gasteiger partial charge in [-0.3, -0.25) is 4.79 Å². The highest BCUT2D eigenvalue weighted by Gasteiger charge is 2.15. The van der Waals surface area contributed by atoms with Crippen molar-refractivity contribution >= 4 is 23.5 Å². The summed E-state index contributed by atoms with van der Waals surface area (Å²) in [4.78, 5) is 26.2. The molecule has 0 aromatic heterocycles. The van der Waals surface area contributed by atoms with Crippen LogP contribution < -0.4 is 9.64 Å². The van der Waals surface area contributed by atoms with Crippen molar-refractivity contribution in [3.05, 3.63) is 65.7 Å². The average molecular weight is 507 g/mol. The number of likely N-dealkylation sites (tertiary alicyclic amines) is 1. The molecule has 2 aromatic carbocycles. The second kappa shape index (κ2) is 15.2. The number of carbonyl (C=O) groups is 2. The molecule has 2 aliphatic rings. The van der Waals surface area contributed by atoms with Gasteiger partial charge >= 0.3 is 5.97 Å². The van der Waals surface area contributed by atoms with E-state index in [1.165, 1.54) is 83.5 Å². The van der Waals surface area contributed by atoms with Crippen LogP contribution in [0, 0.1) is 5.92 Å². The molecule has 2 aromatic rings. The van der Waals surface area contributed by atoms with E-state index < -0.39 is 5.97 Å². The Labute approximate surface area is 221 Å². The number of hydrogen-bond acceptors (Lipinski definition) is 5. The molecule has 2 saturated heterocycles. The Bertz CT molecular complexity index is 995. The molecule has 0 spiro atoms. The zero-order valence-corrected chi connectivity index (χ0v) is 22.4. The highest BCUT2D eigenvalue weighted by atomic mass is 16.5. The predicted molar refractivity (Wildman–Crippen MR) is 151 cm³/mol. The molecule has 1 atom stereocenters. The molecule has 1 N–H and O–H groups in total. The summed E-state index contributed by atoms with van der Waals surface area (Å²) in [5.74, 6) is 0.893. The summed E-state index contributed by atoms with van der Waals surface area (Å²) in [6, 6.07) is 15.4. The van der Waals surface area contributed by atoms with Gasteiger partial charge in [-0.25, -0.2) is 4.79 Å². The fraction of sp³-hybridized carbons (Fsp3) is 0.484. The molecule has 37 heavy (non-hydrogen) atoms. The van der Waals surface area contributed by atoms with Gasteiger partial charge in [0.1, 0.15) is 5.75 Å². The summed E-state index contributed by atoms with van der Waals surface area (Å²) in [5.41, 5.74) is 2.73. The first-order chi connectivity index (χ1) is 17.9. The number of aliphatic carboxylic acids is 1. The fourth-order valence-corrected chi connectivity index (χ4v) is 4.87. The van der Waals surface area contributed by atoms with Crippen molar-refractivity contribution in [3.63, 3.8) is 0 Å².